The second-order valence-corrected chi connectivity index (χ2v) is 48.8. The smallest absolute Gasteiger partial charge is 0.173 e. The van der Waals surface area contributed by atoms with Gasteiger partial charge in [0.2, 0.25) is 0 Å². The number of hydrogen-bond donors (Lipinski definition) is 1. The van der Waals surface area contributed by atoms with E-state index in [4.69, 9.17) is 53.9 Å². The lowest BCUT2D eigenvalue weighted by atomic mass is 9.48. The monoisotopic (exact) mass is 1910 g/mol. The number of ether oxygens (including phenoxy) is 6. The third kappa shape index (κ3) is 15.8. The van der Waals surface area contributed by atoms with Gasteiger partial charge in [0.25, 0.3) is 0 Å². The van der Waals surface area contributed by atoms with E-state index in [0.717, 1.165) is 177 Å². The summed E-state index contributed by atoms with van der Waals surface area (Å²) < 4.78 is 47.3. The third-order valence-corrected chi connectivity index (χ3v) is 39.8. The molecule has 7 saturated carbocycles. The van der Waals surface area contributed by atoms with E-state index in [2.05, 4.69) is 276 Å². The highest BCUT2D eigenvalue weighted by atomic mass is 16.7. The number of allylic oxidation sites excluding steroid dienone is 1. The third-order valence-electron chi connectivity index (χ3n) is 39.8. The number of carbonyl (C=O) groups excluding carboxylic acids is 4. The average Bonchev–Trinajstić information content (AvgIpc) is 1.62. The van der Waals surface area contributed by atoms with Gasteiger partial charge in [-0.05, 0) is 240 Å². The largest absolute Gasteiger partial charge is 0.515 e. The van der Waals surface area contributed by atoms with E-state index in [9.17, 15) is 24.3 Å². The number of benzene rings is 5. The minimum absolute atomic E-state index is 0.0189. The summed E-state index contributed by atoms with van der Waals surface area (Å²) in [7, 11) is 0. The number of hydrogen-bond acceptors (Lipinski definition) is 16. The van der Waals surface area contributed by atoms with Crippen LogP contribution in [0.4, 0.5) is 0 Å². The molecule has 3 spiro atoms. The molecule has 3 aliphatic heterocycles. The minimum Gasteiger partial charge on any atom is -0.515 e. The first-order chi connectivity index (χ1) is 67.1. The maximum absolute atomic E-state index is 12.7. The van der Waals surface area contributed by atoms with E-state index < -0.39 is 22.8 Å². The molecule has 8 heterocycles. The molecule has 141 heavy (non-hydrogen) atoms. The van der Waals surface area contributed by atoms with Crippen molar-refractivity contribution in [1.82, 2.24) is 48.9 Å². The molecule has 5 aromatic heterocycles. The normalized spacial score (nSPS) is 31.7. The van der Waals surface area contributed by atoms with Gasteiger partial charge in [-0.2, -0.15) is 25.5 Å². The Morgan fingerprint density at radius 1 is 0.291 bits per heavy atom. The molecule has 10 aromatic rings. The molecular formula is C120H152N10O11. The number of para-hydroxylation sites is 5. The number of nitrogens with zero attached hydrogens (tertiary/aromatic N) is 10. The van der Waals surface area contributed by atoms with Crippen molar-refractivity contribution in [1.29, 1.82) is 0 Å². The lowest BCUT2D eigenvalue weighted by Crippen LogP contribution is -2.61. The molecule has 748 valence electrons. The van der Waals surface area contributed by atoms with Crippen molar-refractivity contribution in [3.8, 4) is 28.4 Å². The highest BCUT2D eigenvalue weighted by molar-refractivity contribution is 6.00. The van der Waals surface area contributed by atoms with Crippen LogP contribution in [0, 0.1) is 73.4 Å². The molecule has 10 fully saturated rings. The number of aliphatic hydroxyl groups is 1. The lowest BCUT2D eigenvalue weighted by Gasteiger charge is -2.59. The molecule has 12 aliphatic carbocycles. The van der Waals surface area contributed by atoms with Crippen molar-refractivity contribution >= 4 is 23.1 Å². The van der Waals surface area contributed by atoms with Crippen LogP contribution in [0.2, 0.25) is 0 Å². The molecular weight excluding hydrogens is 1760 g/mol. The van der Waals surface area contributed by atoms with E-state index in [0.29, 0.717) is 91.4 Å². The summed E-state index contributed by atoms with van der Waals surface area (Å²) in [5.74, 6) is 2.45. The van der Waals surface area contributed by atoms with E-state index in [-0.39, 0.29) is 71.3 Å². The van der Waals surface area contributed by atoms with Crippen LogP contribution in [0.1, 0.15) is 303 Å². The van der Waals surface area contributed by atoms with Gasteiger partial charge in [-0.3, -0.25) is 19.2 Å². The fourth-order valence-electron chi connectivity index (χ4n) is 32.0. The van der Waals surface area contributed by atoms with Crippen LogP contribution in [0.3, 0.4) is 0 Å². The summed E-state index contributed by atoms with van der Waals surface area (Å²) in [5, 5.41) is 33.5. The van der Waals surface area contributed by atoms with E-state index in [1.54, 1.807) is 0 Å². The van der Waals surface area contributed by atoms with Gasteiger partial charge < -0.3 is 33.5 Å². The van der Waals surface area contributed by atoms with Gasteiger partial charge in [-0.15, -0.1) is 0 Å². The number of fused-ring (bicyclic) bond motifs is 16. The van der Waals surface area contributed by atoms with Crippen LogP contribution in [0.5, 0.6) is 0 Å². The van der Waals surface area contributed by atoms with Crippen molar-refractivity contribution in [3.63, 3.8) is 0 Å². The number of aryl methyl sites for hydroxylation is 5. The Kier molecular flexibility index (Phi) is 25.2. The highest BCUT2D eigenvalue weighted by Crippen LogP contribution is 2.68. The summed E-state index contributed by atoms with van der Waals surface area (Å²) in [6.07, 6.45) is 34.4. The van der Waals surface area contributed by atoms with Crippen LogP contribution in [-0.4, -0.2) is 134 Å². The average molecular weight is 1910 g/mol. The molecule has 3 saturated heterocycles. The molecule has 0 amide bonds. The SMILES string of the molecule is CC1(C)C(=O)CC[C@]2(C)c3c(cnn3-c3ccccc3)CC[C@@H]12.CC1(C)C(=O)CC[C@]2(C)c3c(cnn3-c3ccccc3)CC[C@@H]12.CC1(C)C(=O)CC[C@]2(C)c3nn(-c4ccccc4)cc3CC[C@@H]12.CC1(C)[C@@H]2CC/C(=C\O)C(=O)[C@@]2(C)CCC12OCCO2.CC1(C)[C@@H]2CCc3cn(-c4ccccc4)nc3[C@@]2(C)CCC12OCCO2.CC1(C)[C@@H]2CCc3cnn(-c4ccccc4)c3[C@@]2(C)CCC12OCCO2. The Bertz CT molecular complexity index is 6200. The van der Waals surface area contributed by atoms with E-state index in [1.165, 1.54) is 69.1 Å². The summed E-state index contributed by atoms with van der Waals surface area (Å²) in [5.41, 5.74) is 18.5. The predicted octanol–water partition coefficient (Wildman–Crippen LogP) is 23.7. The Morgan fingerprint density at radius 2 is 0.546 bits per heavy atom. The quantitative estimate of drug-likeness (QED) is 0.125. The van der Waals surface area contributed by atoms with Gasteiger partial charge >= 0.3 is 0 Å². The standard InChI is InChI=1S/2C22H28N2O2.3C20H24N2O.C16H24O4/c1-20(2)18-10-9-16-15-24(17-7-5-4-6-8-17)23-19(16)21(18,3)11-12-22(20)25-13-14-26-22;1-20(2)18-10-9-16-15-23-24(17-7-5-4-6-8-17)19(16)21(18,3)11-12-22(20)25-13-14-26-22;1-19(2)16-10-9-14-13-22(15-7-5-4-6-8-15)21-18(14)20(16,3)12-11-17(19)23;2*1-19(2)16-10-9-14-13-21-22(15-7-5-4-6-8-15)18(14)20(16,3)12-11-17(19)23;1-14(2)12-5-4-11(10-17)13(18)15(12,3)6-7-16(14)19-8-9-20-16/h2*4-8,15,18H,9-14H2,1-3H3;3*4-8,13,16H,9-12H2,1-3H3;10,12,17H,4-9H2,1-3H3/b;;;;;11-10+/t2*18-,21-;3*16-,20-;12-,15-/m000000/s1. The second-order valence-electron chi connectivity index (χ2n) is 48.8. The van der Waals surface area contributed by atoms with Crippen molar-refractivity contribution in [2.45, 2.75) is 323 Å². The fraction of sp³-hybridized carbons (Fsp3) is 0.575. The first-order valence-electron chi connectivity index (χ1n) is 53.1. The van der Waals surface area contributed by atoms with Gasteiger partial charge in [0, 0.05) is 121 Å². The predicted molar refractivity (Wildman–Crippen MR) is 547 cm³/mol. The van der Waals surface area contributed by atoms with Crippen LogP contribution in [0.25, 0.3) is 28.4 Å². The van der Waals surface area contributed by atoms with E-state index >= 15 is 0 Å². The minimum atomic E-state index is -0.530. The van der Waals surface area contributed by atoms with Crippen LogP contribution in [-0.2, 0) is 107 Å². The number of rotatable bonds is 5. The number of aliphatic hydroxyl groups excluding tert-OH is 1. The molecule has 21 heteroatoms. The lowest BCUT2D eigenvalue weighted by molar-refractivity contribution is -0.281. The molecule has 25 rings (SSSR count). The molecule has 21 nitrogen and oxygen atoms in total. The van der Waals surface area contributed by atoms with Gasteiger partial charge in [-0.1, -0.05) is 216 Å². The van der Waals surface area contributed by atoms with Crippen molar-refractivity contribution in [2.75, 3.05) is 39.6 Å². The molecule has 0 unspecified atom stereocenters. The Labute approximate surface area is 835 Å². The first kappa shape index (κ1) is 98.5. The van der Waals surface area contributed by atoms with Crippen LogP contribution < -0.4 is 0 Å². The van der Waals surface area contributed by atoms with Gasteiger partial charge in [0.05, 0.1) is 121 Å². The van der Waals surface area contributed by atoms with Crippen LogP contribution >= 0.6 is 0 Å². The Balaban J connectivity index is 0.000000104. The Hall–Kier alpha value is -9.87. The van der Waals surface area contributed by atoms with Crippen molar-refractivity contribution in [3.05, 3.63) is 251 Å². The number of Topliss-reactive ketones (excluding diaryl/α,β-unsaturated/α-hetero) is 4. The number of carbonyl (C=O) groups is 4. The maximum atomic E-state index is 12.7. The van der Waals surface area contributed by atoms with Crippen molar-refractivity contribution < 1.29 is 52.7 Å². The van der Waals surface area contributed by atoms with Crippen LogP contribution in [0.15, 0.2) is 194 Å². The molecule has 0 bridgehead atoms. The second kappa shape index (κ2) is 36.1. The molecule has 5 aromatic carbocycles. The summed E-state index contributed by atoms with van der Waals surface area (Å²) in [4.78, 5) is 50.1. The Morgan fingerprint density at radius 3 is 0.879 bits per heavy atom. The summed E-state index contributed by atoms with van der Waals surface area (Å²) in [6.45, 7) is 44.7. The van der Waals surface area contributed by atoms with Gasteiger partial charge in [0.15, 0.2) is 23.1 Å². The molecule has 12 atom stereocenters. The fourth-order valence-corrected chi connectivity index (χ4v) is 32.0. The maximum Gasteiger partial charge on any atom is 0.173 e. The zero-order chi connectivity index (χ0) is 99.3. The molecule has 1 N–H and O–H groups in total. The topological polar surface area (TPSA) is 233 Å². The molecule has 15 aliphatic rings. The van der Waals surface area contributed by atoms with Gasteiger partial charge in [0.1, 0.15) is 17.3 Å². The van der Waals surface area contributed by atoms with Gasteiger partial charge in [-0.25, -0.2) is 23.4 Å². The number of ketones is 4. The zero-order valence-electron chi connectivity index (χ0n) is 87.1. The highest BCUT2D eigenvalue weighted by Gasteiger charge is 2.69. The zero-order valence-corrected chi connectivity index (χ0v) is 87.1. The summed E-state index contributed by atoms with van der Waals surface area (Å²) >= 11 is 0. The molecule has 0 radical (unpaired) electrons. The van der Waals surface area contributed by atoms with E-state index in [1.807, 2.05) is 54.3 Å². The number of aromatic nitrogens is 10. The van der Waals surface area contributed by atoms with Crippen molar-refractivity contribution in [2.24, 2.45) is 73.4 Å². The first-order valence-corrected chi connectivity index (χ1v) is 53.1. The summed E-state index contributed by atoms with van der Waals surface area (Å²) in [6, 6.07) is 52.0.